The van der Waals surface area contributed by atoms with Crippen molar-refractivity contribution >= 4 is 11.6 Å². The number of ether oxygens (including phenoxy) is 1. The van der Waals surface area contributed by atoms with Gasteiger partial charge in [-0.25, -0.2) is 0 Å². The molecule has 0 saturated carbocycles. The first-order chi connectivity index (χ1) is 9.66. The summed E-state index contributed by atoms with van der Waals surface area (Å²) in [5, 5.41) is 3.53. The molecule has 1 saturated heterocycles. The number of carbonyl (C=O) groups excluding carboxylic acids is 1. The Bertz CT molecular complexity index is 442. The minimum Gasteiger partial charge on any atom is -0.384 e. The van der Waals surface area contributed by atoms with Crippen LogP contribution in [0.4, 0.5) is 5.69 Å². The van der Waals surface area contributed by atoms with Gasteiger partial charge in [-0.05, 0) is 30.4 Å². The topological polar surface area (TPSA) is 41.6 Å². The van der Waals surface area contributed by atoms with E-state index in [1.165, 1.54) is 0 Å². The van der Waals surface area contributed by atoms with Crippen LogP contribution in [0.15, 0.2) is 24.3 Å². The van der Waals surface area contributed by atoms with Crippen molar-refractivity contribution in [2.24, 2.45) is 5.92 Å². The van der Waals surface area contributed by atoms with Gasteiger partial charge >= 0.3 is 0 Å². The van der Waals surface area contributed by atoms with Crippen LogP contribution in [0.2, 0.25) is 0 Å². The summed E-state index contributed by atoms with van der Waals surface area (Å²) in [5.74, 6) is 0.770. The average Bonchev–Trinajstić information content (AvgIpc) is 2.47. The molecule has 1 fully saturated rings. The summed E-state index contributed by atoms with van der Waals surface area (Å²) < 4.78 is 5.38. The number of rotatable bonds is 5. The highest BCUT2D eigenvalue weighted by molar-refractivity contribution is 5.73. The molecule has 20 heavy (non-hydrogen) atoms. The van der Waals surface area contributed by atoms with Crippen LogP contribution in [-0.2, 0) is 16.1 Å². The number of nitrogens with zero attached hydrogens (tertiary/aromatic N) is 1. The summed E-state index contributed by atoms with van der Waals surface area (Å²) >= 11 is 0. The number of carbonyl (C=O) groups is 1. The van der Waals surface area contributed by atoms with Gasteiger partial charge in [-0.15, -0.1) is 0 Å². The molecule has 0 bridgehead atoms. The maximum Gasteiger partial charge on any atom is 0.219 e. The Morgan fingerprint density at radius 3 is 2.75 bits per heavy atom. The lowest BCUT2D eigenvalue weighted by atomic mass is 10.00. The smallest absolute Gasteiger partial charge is 0.219 e. The van der Waals surface area contributed by atoms with Gasteiger partial charge < -0.3 is 15.0 Å². The van der Waals surface area contributed by atoms with E-state index in [-0.39, 0.29) is 5.91 Å². The quantitative estimate of drug-likeness (QED) is 0.898. The first-order valence-corrected chi connectivity index (χ1v) is 7.28. The predicted octanol–water partition coefficient (Wildman–Crippen LogP) is 2.50. The zero-order valence-electron chi connectivity index (χ0n) is 12.4. The molecule has 1 aliphatic rings. The molecule has 1 aromatic rings. The van der Waals surface area contributed by atoms with Crippen molar-refractivity contribution in [3.8, 4) is 0 Å². The van der Waals surface area contributed by atoms with Gasteiger partial charge in [-0.3, -0.25) is 4.79 Å². The van der Waals surface area contributed by atoms with E-state index in [1.54, 1.807) is 11.8 Å². The van der Waals surface area contributed by atoms with Crippen LogP contribution >= 0.6 is 0 Å². The Morgan fingerprint density at radius 1 is 1.35 bits per heavy atom. The van der Waals surface area contributed by atoms with E-state index in [2.05, 4.69) is 17.4 Å². The molecule has 0 unspecified atom stereocenters. The number of nitrogens with one attached hydrogen (secondary N) is 1. The molecule has 1 aromatic carbocycles. The number of anilines is 1. The highest BCUT2D eigenvalue weighted by Gasteiger charge is 2.14. The van der Waals surface area contributed by atoms with Gasteiger partial charge in [0, 0.05) is 46.0 Å². The Labute approximate surface area is 121 Å². The molecule has 0 aromatic heterocycles. The molecule has 4 heteroatoms. The lowest BCUT2D eigenvalue weighted by Gasteiger charge is -2.24. The standard InChI is InChI=1S/C16H24N2O2/c1-13(19)18(2)12-15-5-3-4-6-16(15)17-11-14-7-9-20-10-8-14/h3-6,14,17H,7-12H2,1-2H3. The molecule has 2 rings (SSSR count). The third-order valence-electron chi connectivity index (χ3n) is 3.88. The Morgan fingerprint density at radius 2 is 2.05 bits per heavy atom. The second kappa shape index (κ2) is 7.29. The molecule has 1 heterocycles. The number of benzene rings is 1. The highest BCUT2D eigenvalue weighted by Crippen LogP contribution is 2.20. The van der Waals surface area contributed by atoms with Gasteiger partial charge in [0.15, 0.2) is 0 Å². The highest BCUT2D eigenvalue weighted by atomic mass is 16.5. The lowest BCUT2D eigenvalue weighted by Crippen LogP contribution is -2.25. The van der Waals surface area contributed by atoms with Crippen molar-refractivity contribution in [1.29, 1.82) is 0 Å². The minimum absolute atomic E-state index is 0.0873. The van der Waals surface area contributed by atoms with Crippen molar-refractivity contribution in [3.63, 3.8) is 0 Å². The Balaban J connectivity index is 1.94. The van der Waals surface area contributed by atoms with Crippen LogP contribution in [0.25, 0.3) is 0 Å². The predicted molar refractivity (Wildman–Crippen MR) is 80.6 cm³/mol. The summed E-state index contributed by atoms with van der Waals surface area (Å²) in [6, 6.07) is 8.21. The van der Waals surface area contributed by atoms with Crippen LogP contribution in [0, 0.1) is 5.92 Å². The molecule has 1 aliphatic heterocycles. The lowest BCUT2D eigenvalue weighted by molar-refractivity contribution is -0.128. The van der Waals surface area contributed by atoms with Crippen LogP contribution in [0.5, 0.6) is 0 Å². The largest absolute Gasteiger partial charge is 0.384 e. The summed E-state index contributed by atoms with van der Waals surface area (Å²) in [6.07, 6.45) is 2.25. The normalized spacial score (nSPS) is 15.9. The zero-order chi connectivity index (χ0) is 14.4. The van der Waals surface area contributed by atoms with Gasteiger partial charge in [0.2, 0.25) is 5.91 Å². The molecular formula is C16H24N2O2. The summed E-state index contributed by atoms with van der Waals surface area (Å²) in [5.41, 5.74) is 2.30. The monoisotopic (exact) mass is 276 g/mol. The fourth-order valence-corrected chi connectivity index (χ4v) is 2.40. The fourth-order valence-electron chi connectivity index (χ4n) is 2.40. The van der Waals surface area contributed by atoms with Crippen molar-refractivity contribution in [2.75, 3.05) is 32.1 Å². The van der Waals surface area contributed by atoms with E-state index < -0.39 is 0 Å². The summed E-state index contributed by atoms with van der Waals surface area (Å²) in [4.78, 5) is 13.1. The van der Waals surface area contributed by atoms with Gasteiger partial charge in [-0.1, -0.05) is 18.2 Å². The second-order valence-electron chi connectivity index (χ2n) is 5.47. The van der Waals surface area contributed by atoms with Gasteiger partial charge in [-0.2, -0.15) is 0 Å². The molecule has 0 atom stereocenters. The molecule has 110 valence electrons. The van der Waals surface area contributed by atoms with Crippen molar-refractivity contribution in [2.45, 2.75) is 26.3 Å². The van der Waals surface area contributed by atoms with Gasteiger partial charge in [0.1, 0.15) is 0 Å². The van der Waals surface area contributed by atoms with Gasteiger partial charge in [0.25, 0.3) is 0 Å². The summed E-state index contributed by atoms with van der Waals surface area (Å²) in [7, 11) is 1.83. The first kappa shape index (κ1) is 14.9. The average molecular weight is 276 g/mol. The van der Waals surface area contributed by atoms with E-state index in [4.69, 9.17) is 4.74 Å². The van der Waals surface area contributed by atoms with E-state index >= 15 is 0 Å². The third-order valence-corrected chi connectivity index (χ3v) is 3.88. The molecule has 4 nitrogen and oxygen atoms in total. The van der Waals surface area contributed by atoms with E-state index in [0.29, 0.717) is 12.5 Å². The maximum absolute atomic E-state index is 11.4. The first-order valence-electron chi connectivity index (χ1n) is 7.28. The maximum atomic E-state index is 11.4. The molecule has 0 radical (unpaired) electrons. The van der Waals surface area contributed by atoms with Gasteiger partial charge in [0.05, 0.1) is 0 Å². The van der Waals surface area contributed by atoms with E-state index in [0.717, 1.165) is 43.9 Å². The zero-order valence-corrected chi connectivity index (χ0v) is 12.4. The van der Waals surface area contributed by atoms with Crippen LogP contribution in [0.3, 0.4) is 0 Å². The Hall–Kier alpha value is -1.55. The fraction of sp³-hybridized carbons (Fsp3) is 0.562. The van der Waals surface area contributed by atoms with E-state index in [1.807, 2.05) is 19.2 Å². The van der Waals surface area contributed by atoms with Crippen LogP contribution in [-0.4, -0.2) is 37.6 Å². The molecule has 1 N–H and O–H groups in total. The van der Waals surface area contributed by atoms with Crippen LogP contribution in [0.1, 0.15) is 25.3 Å². The molecule has 1 amide bonds. The SMILES string of the molecule is CC(=O)N(C)Cc1ccccc1NCC1CCOCC1. The molecule has 0 aliphatic carbocycles. The molecular weight excluding hydrogens is 252 g/mol. The number of para-hydroxylation sites is 1. The Kier molecular flexibility index (Phi) is 5.41. The molecule has 0 spiro atoms. The van der Waals surface area contributed by atoms with Crippen molar-refractivity contribution < 1.29 is 9.53 Å². The number of hydrogen-bond donors (Lipinski definition) is 1. The van der Waals surface area contributed by atoms with Crippen LogP contribution < -0.4 is 5.32 Å². The van der Waals surface area contributed by atoms with Crippen molar-refractivity contribution in [3.05, 3.63) is 29.8 Å². The number of amides is 1. The summed E-state index contributed by atoms with van der Waals surface area (Å²) in [6.45, 7) is 4.97. The third kappa shape index (κ3) is 4.23. The van der Waals surface area contributed by atoms with E-state index in [9.17, 15) is 4.79 Å². The second-order valence-corrected chi connectivity index (χ2v) is 5.47. The van der Waals surface area contributed by atoms with Crippen molar-refractivity contribution in [1.82, 2.24) is 4.90 Å². The number of hydrogen-bond acceptors (Lipinski definition) is 3. The minimum atomic E-state index is 0.0873.